The summed E-state index contributed by atoms with van der Waals surface area (Å²) in [5.74, 6) is -0.862. The largest absolute Gasteiger partial charge is 0.272 e. The van der Waals surface area contributed by atoms with E-state index in [0.717, 1.165) is 11.4 Å². The topological polar surface area (TPSA) is 49.7 Å². The second-order valence-electron chi connectivity index (χ2n) is 5.78. The first kappa shape index (κ1) is 12.4. The lowest BCUT2D eigenvalue weighted by atomic mass is 9.85. The van der Waals surface area contributed by atoms with Gasteiger partial charge >= 0.3 is 0 Å². The van der Waals surface area contributed by atoms with E-state index in [-0.39, 0.29) is 41.3 Å². The molecule has 1 saturated heterocycles. The molecule has 1 aliphatic heterocycles. The summed E-state index contributed by atoms with van der Waals surface area (Å²) in [6, 6.07) is 5.73. The van der Waals surface area contributed by atoms with Gasteiger partial charge in [0.2, 0.25) is 0 Å². The van der Waals surface area contributed by atoms with Gasteiger partial charge in [-0.3, -0.25) is 9.59 Å². The Morgan fingerprint density at radius 1 is 1.05 bits per heavy atom. The van der Waals surface area contributed by atoms with E-state index < -0.39 is 0 Å². The fraction of sp³-hybridized carbons (Fsp3) is 0.312. The first-order valence-corrected chi connectivity index (χ1v) is 7.01. The van der Waals surface area contributed by atoms with Gasteiger partial charge in [-0.05, 0) is 36.0 Å². The van der Waals surface area contributed by atoms with E-state index >= 15 is 0 Å². The summed E-state index contributed by atoms with van der Waals surface area (Å²) in [7, 11) is 0. The van der Waals surface area contributed by atoms with Crippen molar-refractivity contribution in [1.82, 2.24) is 5.01 Å². The number of rotatable bonds is 2. The minimum absolute atomic E-state index is 0.183. The van der Waals surface area contributed by atoms with E-state index in [9.17, 15) is 14.0 Å². The number of carbonyl (C=O) groups excluding carboxylic acids is 2. The summed E-state index contributed by atoms with van der Waals surface area (Å²) in [6.07, 6.45) is 6.42. The van der Waals surface area contributed by atoms with Crippen molar-refractivity contribution in [2.24, 2.45) is 28.8 Å². The Balaban J connectivity index is 1.58. The van der Waals surface area contributed by atoms with Crippen molar-refractivity contribution in [1.29, 1.82) is 0 Å². The third-order valence-corrected chi connectivity index (χ3v) is 4.64. The number of allylic oxidation sites excluding steroid dienone is 2. The van der Waals surface area contributed by atoms with Crippen LogP contribution in [0.3, 0.4) is 0 Å². The summed E-state index contributed by atoms with van der Waals surface area (Å²) in [4.78, 5) is 24.7. The number of imide groups is 1. The number of benzene rings is 1. The van der Waals surface area contributed by atoms with E-state index in [2.05, 4.69) is 5.10 Å². The molecule has 4 atom stereocenters. The molecule has 21 heavy (non-hydrogen) atoms. The zero-order valence-electron chi connectivity index (χ0n) is 11.1. The van der Waals surface area contributed by atoms with Gasteiger partial charge in [0.25, 0.3) is 11.8 Å². The molecule has 1 saturated carbocycles. The van der Waals surface area contributed by atoms with Gasteiger partial charge in [-0.2, -0.15) is 10.1 Å². The van der Waals surface area contributed by atoms with Crippen LogP contribution in [0.1, 0.15) is 12.0 Å². The molecule has 0 radical (unpaired) electrons. The molecule has 2 fully saturated rings. The minimum atomic E-state index is -0.336. The fourth-order valence-electron chi connectivity index (χ4n) is 3.67. The highest BCUT2D eigenvalue weighted by Gasteiger charge is 2.59. The average Bonchev–Trinajstić information content (AvgIpc) is 3.14. The molecule has 0 aromatic heterocycles. The van der Waals surface area contributed by atoms with Crippen molar-refractivity contribution in [2.45, 2.75) is 6.42 Å². The van der Waals surface area contributed by atoms with Gasteiger partial charge in [0.1, 0.15) is 5.82 Å². The summed E-state index contributed by atoms with van der Waals surface area (Å²) in [6.45, 7) is 0. The predicted molar refractivity (Wildman–Crippen MR) is 73.6 cm³/mol. The molecule has 5 heteroatoms. The molecule has 106 valence electrons. The van der Waals surface area contributed by atoms with Gasteiger partial charge < -0.3 is 0 Å². The smallest absolute Gasteiger partial charge is 0.254 e. The molecule has 1 heterocycles. The molecule has 2 amide bonds. The molecular formula is C16H13FN2O2. The number of hydrogen-bond acceptors (Lipinski definition) is 3. The van der Waals surface area contributed by atoms with Crippen molar-refractivity contribution in [3.05, 3.63) is 47.8 Å². The van der Waals surface area contributed by atoms with E-state index in [1.54, 1.807) is 12.1 Å². The van der Waals surface area contributed by atoms with Crippen LogP contribution >= 0.6 is 0 Å². The molecule has 4 rings (SSSR count). The molecule has 2 bridgehead atoms. The normalized spacial score (nSPS) is 33.5. The number of hydrazone groups is 1. The van der Waals surface area contributed by atoms with Crippen LogP contribution in [0, 0.1) is 29.5 Å². The lowest BCUT2D eigenvalue weighted by Gasteiger charge is -2.13. The highest BCUT2D eigenvalue weighted by Crippen LogP contribution is 2.52. The standard InChI is InChI=1S/C16H13FN2O2/c17-12-5-1-9(2-6-12)8-18-19-15(20)13-10-3-4-11(7-10)14(13)16(19)21/h1-6,8,10-11,13-14H,7H2/b18-8-/t10-,11-,13+,14+/m0/s1. The summed E-state index contributed by atoms with van der Waals surface area (Å²) >= 11 is 0. The maximum atomic E-state index is 12.8. The molecule has 0 unspecified atom stereocenters. The van der Waals surface area contributed by atoms with Crippen LogP contribution in [0.25, 0.3) is 0 Å². The lowest BCUT2D eigenvalue weighted by Crippen LogP contribution is -2.28. The molecule has 0 spiro atoms. The van der Waals surface area contributed by atoms with Crippen molar-refractivity contribution in [2.75, 3.05) is 0 Å². The Bertz CT molecular complexity index is 650. The van der Waals surface area contributed by atoms with Gasteiger partial charge in [-0.15, -0.1) is 0 Å². The Labute approximate surface area is 120 Å². The van der Waals surface area contributed by atoms with Gasteiger partial charge in [-0.1, -0.05) is 24.3 Å². The number of amides is 2. The van der Waals surface area contributed by atoms with Crippen LogP contribution in [0.15, 0.2) is 41.5 Å². The Morgan fingerprint density at radius 2 is 1.62 bits per heavy atom. The maximum Gasteiger partial charge on any atom is 0.254 e. The van der Waals surface area contributed by atoms with E-state index in [1.165, 1.54) is 18.3 Å². The molecular weight excluding hydrogens is 271 g/mol. The molecule has 4 nitrogen and oxygen atoms in total. The van der Waals surface area contributed by atoms with Crippen LogP contribution in [0.5, 0.6) is 0 Å². The SMILES string of the molecule is O=C1[C@H]2[C@H](C(=O)N1/N=C\c1ccc(F)cc1)[C@H]1C=C[C@H]2C1. The first-order chi connectivity index (χ1) is 10.1. The maximum absolute atomic E-state index is 12.8. The van der Waals surface area contributed by atoms with Crippen molar-refractivity contribution in [3.8, 4) is 0 Å². The molecule has 2 aliphatic carbocycles. The number of carbonyl (C=O) groups is 2. The molecule has 3 aliphatic rings. The zero-order chi connectivity index (χ0) is 14.6. The van der Waals surface area contributed by atoms with Crippen molar-refractivity contribution in [3.63, 3.8) is 0 Å². The Morgan fingerprint density at radius 3 is 2.19 bits per heavy atom. The van der Waals surface area contributed by atoms with Crippen LogP contribution in [0.2, 0.25) is 0 Å². The predicted octanol–water partition coefficient (Wildman–Crippen LogP) is 1.97. The third kappa shape index (κ3) is 1.77. The fourth-order valence-corrected chi connectivity index (χ4v) is 3.67. The third-order valence-electron chi connectivity index (χ3n) is 4.64. The number of hydrogen-bond donors (Lipinski definition) is 0. The number of fused-ring (bicyclic) bond motifs is 5. The van der Waals surface area contributed by atoms with Gasteiger partial charge in [0, 0.05) is 0 Å². The number of nitrogens with zero attached hydrogens (tertiary/aromatic N) is 2. The quantitative estimate of drug-likeness (QED) is 0.473. The second-order valence-corrected chi connectivity index (χ2v) is 5.78. The van der Waals surface area contributed by atoms with Gasteiger partial charge in [0.15, 0.2) is 0 Å². The van der Waals surface area contributed by atoms with Crippen molar-refractivity contribution < 1.29 is 14.0 Å². The van der Waals surface area contributed by atoms with Gasteiger partial charge in [0.05, 0.1) is 18.1 Å². The van der Waals surface area contributed by atoms with E-state index in [0.29, 0.717) is 5.56 Å². The van der Waals surface area contributed by atoms with Crippen LogP contribution in [-0.2, 0) is 9.59 Å². The van der Waals surface area contributed by atoms with Crippen molar-refractivity contribution >= 4 is 18.0 Å². The minimum Gasteiger partial charge on any atom is -0.272 e. The second kappa shape index (κ2) is 4.35. The van der Waals surface area contributed by atoms with Crippen LogP contribution in [0.4, 0.5) is 4.39 Å². The molecule has 0 N–H and O–H groups in total. The summed E-state index contributed by atoms with van der Waals surface area (Å²) < 4.78 is 12.8. The number of halogens is 1. The Hall–Kier alpha value is -2.30. The highest BCUT2D eigenvalue weighted by molar-refractivity contribution is 6.06. The Kier molecular flexibility index (Phi) is 2.58. The zero-order valence-corrected chi connectivity index (χ0v) is 11.1. The van der Waals surface area contributed by atoms with E-state index in [1.807, 2.05) is 12.2 Å². The average molecular weight is 284 g/mol. The van der Waals surface area contributed by atoms with E-state index in [4.69, 9.17) is 0 Å². The van der Waals surface area contributed by atoms with Crippen LogP contribution < -0.4 is 0 Å². The molecule has 1 aromatic rings. The lowest BCUT2D eigenvalue weighted by molar-refractivity contribution is -0.140. The van der Waals surface area contributed by atoms with Crippen LogP contribution in [-0.4, -0.2) is 23.0 Å². The summed E-state index contributed by atoms with van der Waals surface area (Å²) in [5, 5.41) is 5.01. The summed E-state index contributed by atoms with van der Waals surface area (Å²) in [5.41, 5.74) is 0.648. The van der Waals surface area contributed by atoms with Gasteiger partial charge in [-0.25, -0.2) is 4.39 Å². The monoisotopic (exact) mass is 284 g/mol. The molecule has 1 aromatic carbocycles. The highest BCUT2D eigenvalue weighted by atomic mass is 19.1. The first-order valence-electron chi connectivity index (χ1n) is 7.01.